The smallest absolute Gasteiger partial charge is 0.195 e. The molecule has 116 valence electrons. The first-order chi connectivity index (χ1) is 10.9. The van der Waals surface area contributed by atoms with Crippen molar-refractivity contribution in [1.29, 1.82) is 5.26 Å². The Hall–Kier alpha value is -1.54. The van der Waals surface area contributed by atoms with Gasteiger partial charge in [-0.3, -0.25) is 4.40 Å². The molecule has 22 heavy (non-hydrogen) atoms. The van der Waals surface area contributed by atoms with E-state index in [-0.39, 0.29) is 6.04 Å². The van der Waals surface area contributed by atoms with Gasteiger partial charge in [0.05, 0.1) is 11.8 Å². The lowest BCUT2D eigenvalue weighted by atomic mass is 9.98. The summed E-state index contributed by atoms with van der Waals surface area (Å²) in [7, 11) is 0. The van der Waals surface area contributed by atoms with Gasteiger partial charge in [0.2, 0.25) is 0 Å². The zero-order valence-electron chi connectivity index (χ0n) is 12.8. The zero-order valence-corrected chi connectivity index (χ0v) is 13.6. The van der Waals surface area contributed by atoms with Gasteiger partial charge in [-0.05, 0) is 31.6 Å². The van der Waals surface area contributed by atoms with Crippen molar-refractivity contribution >= 4 is 22.1 Å². The molecule has 2 saturated carbocycles. The van der Waals surface area contributed by atoms with Crippen LogP contribution in [-0.2, 0) is 0 Å². The molecule has 0 aromatic carbocycles. The molecule has 2 fully saturated rings. The van der Waals surface area contributed by atoms with Crippen molar-refractivity contribution in [2.45, 2.75) is 63.3 Å². The van der Waals surface area contributed by atoms with Gasteiger partial charge in [0.25, 0.3) is 0 Å². The van der Waals surface area contributed by atoms with Crippen LogP contribution in [0.1, 0.15) is 63.0 Å². The van der Waals surface area contributed by atoms with Crippen LogP contribution in [0.25, 0.3) is 4.96 Å². The van der Waals surface area contributed by atoms with Crippen LogP contribution < -0.4 is 5.32 Å². The predicted octanol–water partition coefficient (Wildman–Crippen LogP) is 4.55. The fraction of sp³-hybridized carbons (Fsp3) is 0.647. The number of nitriles is 1. The van der Waals surface area contributed by atoms with E-state index in [4.69, 9.17) is 4.98 Å². The van der Waals surface area contributed by atoms with Gasteiger partial charge in [0.1, 0.15) is 11.9 Å². The standard InChI is InChI=1S/C17H22N4S/c18-11-14(12-5-1-2-6-12)19-16-15(13-7-3-4-8-13)20-17-21(16)9-10-22-17/h9-10,12-14,19H,1-8H2. The first-order valence-corrected chi connectivity index (χ1v) is 9.36. The number of hydrogen-bond donors (Lipinski definition) is 1. The van der Waals surface area contributed by atoms with Gasteiger partial charge in [-0.1, -0.05) is 25.7 Å². The molecule has 5 heteroatoms. The summed E-state index contributed by atoms with van der Waals surface area (Å²) in [5.74, 6) is 2.14. The largest absolute Gasteiger partial charge is 0.354 e. The van der Waals surface area contributed by atoms with E-state index in [2.05, 4.69) is 27.4 Å². The molecule has 1 N–H and O–H groups in total. The highest BCUT2D eigenvalue weighted by atomic mass is 32.1. The van der Waals surface area contributed by atoms with Crippen molar-refractivity contribution in [3.05, 3.63) is 17.3 Å². The van der Waals surface area contributed by atoms with Crippen LogP contribution in [0.4, 0.5) is 5.82 Å². The van der Waals surface area contributed by atoms with Crippen molar-refractivity contribution in [2.75, 3.05) is 5.32 Å². The number of rotatable bonds is 4. The Labute approximate surface area is 135 Å². The van der Waals surface area contributed by atoms with Gasteiger partial charge < -0.3 is 5.32 Å². The third-order valence-electron chi connectivity index (χ3n) is 5.33. The van der Waals surface area contributed by atoms with Crippen LogP contribution >= 0.6 is 11.3 Å². The van der Waals surface area contributed by atoms with Gasteiger partial charge in [0.15, 0.2) is 4.96 Å². The van der Waals surface area contributed by atoms with E-state index in [0.717, 1.165) is 10.8 Å². The van der Waals surface area contributed by atoms with E-state index < -0.39 is 0 Å². The van der Waals surface area contributed by atoms with E-state index in [9.17, 15) is 5.26 Å². The van der Waals surface area contributed by atoms with Crippen LogP contribution in [0.2, 0.25) is 0 Å². The molecular formula is C17H22N4S. The van der Waals surface area contributed by atoms with Gasteiger partial charge in [-0.2, -0.15) is 5.26 Å². The maximum Gasteiger partial charge on any atom is 0.195 e. The number of hydrogen-bond acceptors (Lipinski definition) is 4. The lowest BCUT2D eigenvalue weighted by Crippen LogP contribution is -2.27. The Morgan fingerprint density at radius 2 is 1.95 bits per heavy atom. The SMILES string of the molecule is N#CC(Nc1c(C2CCCC2)nc2sccn12)C1CCCC1. The molecule has 0 bridgehead atoms. The second kappa shape index (κ2) is 5.92. The molecule has 0 spiro atoms. The topological polar surface area (TPSA) is 53.1 Å². The summed E-state index contributed by atoms with van der Waals surface area (Å²) in [5.41, 5.74) is 1.20. The molecular weight excluding hydrogens is 292 g/mol. The number of aromatic nitrogens is 2. The molecule has 2 aliphatic carbocycles. The summed E-state index contributed by atoms with van der Waals surface area (Å²) in [4.78, 5) is 5.93. The van der Waals surface area contributed by atoms with Gasteiger partial charge in [-0.25, -0.2) is 4.98 Å². The third-order valence-corrected chi connectivity index (χ3v) is 6.09. The first kappa shape index (κ1) is 14.1. The molecule has 2 aromatic heterocycles. The Bertz CT molecular complexity index is 683. The van der Waals surface area contributed by atoms with Crippen LogP contribution in [0.3, 0.4) is 0 Å². The van der Waals surface area contributed by atoms with Crippen molar-refractivity contribution in [1.82, 2.24) is 9.38 Å². The molecule has 2 aliphatic rings. The monoisotopic (exact) mass is 314 g/mol. The van der Waals surface area contributed by atoms with Gasteiger partial charge >= 0.3 is 0 Å². The maximum atomic E-state index is 9.62. The molecule has 4 nitrogen and oxygen atoms in total. The van der Waals surface area contributed by atoms with E-state index in [1.54, 1.807) is 11.3 Å². The molecule has 4 rings (SSSR count). The van der Waals surface area contributed by atoms with E-state index in [1.165, 1.54) is 57.1 Å². The number of nitrogens with zero attached hydrogens (tertiary/aromatic N) is 3. The minimum atomic E-state index is -0.0811. The highest BCUT2D eigenvalue weighted by molar-refractivity contribution is 7.15. The molecule has 0 saturated heterocycles. The molecule has 0 aliphatic heterocycles. The van der Waals surface area contributed by atoms with Gasteiger partial charge in [0, 0.05) is 17.5 Å². The normalized spacial score (nSPS) is 21.4. The maximum absolute atomic E-state index is 9.62. The third kappa shape index (κ3) is 2.40. The first-order valence-electron chi connectivity index (χ1n) is 8.48. The Balaban J connectivity index is 1.67. The molecule has 2 heterocycles. The van der Waals surface area contributed by atoms with E-state index in [1.807, 2.05) is 0 Å². The summed E-state index contributed by atoms with van der Waals surface area (Å²) in [6.07, 6.45) is 12.0. The predicted molar refractivity (Wildman–Crippen MR) is 89.3 cm³/mol. The number of imidazole rings is 1. The van der Waals surface area contributed by atoms with Crippen molar-refractivity contribution in [2.24, 2.45) is 5.92 Å². The minimum absolute atomic E-state index is 0.0811. The molecule has 1 atom stereocenters. The van der Waals surface area contributed by atoms with Crippen LogP contribution in [-0.4, -0.2) is 15.4 Å². The fourth-order valence-electron chi connectivity index (χ4n) is 4.12. The average Bonchev–Trinajstić information content (AvgIpc) is 3.27. The summed E-state index contributed by atoms with van der Waals surface area (Å²) >= 11 is 1.68. The average molecular weight is 314 g/mol. The molecule has 1 unspecified atom stereocenters. The van der Waals surface area contributed by atoms with Crippen molar-refractivity contribution in [3.8, 4) is 6.07 Å². The lowest BCUT2D eigenvalue weighted by Gasteiger charge is -2.20. The van der Waals surface area contributed by atoms with Crippen molar-refractivity contribution in [3.63, 3.8) is 0 Å². The van der Waals surface area contributed by atoms with Crippen LogP contribution in [0.5, 0.6) is 0 Å². The van der Waals surface area contributed by atoms with Crippen LogP contribution in [0.15, 0.2) is 11.6 Å². The van der Waals surface area contributed by atoms with Crippen molar-refractivity contribution < 1.29 is 0 Å². The number of nitrogens with one attached hydrogen (secondary N) is 1. The Morgan fingerprint density at radius 3 is 2.68 bits per heavy atom. The fourth-order valence-corrected chi connectivity index (χ4v) is 4.84. The summed E-state index contributed by atoms with van der Waals surface area (Å²) in [6.45, 7) is 0. The number of fused-ring (bicyclic) bond motifs is 1. The molecule has 2 aromatic rings. The highest BCUT2D eigenvalue weighted by Gasteiger charge is 2.29. The lowest BCUT2D eigenvalue weighted by molar-refractivity contribution is 0.517. The van der Waals surface area contributed by atoms with E-state index >= 15 is 0 Å². The Kier molecular flexibility index (Phi) is 3.79. The zero-order chi connectivity index (χ0) is 14.9. The number of thiazole rings is 1. The second-order valence-corrected chi connectivity index (χ2v) is 7.55. The molecule has 0 amide bonds. The summed E-state index contributed by atoms with van der Waals surface area (Å²) < 4.78 is 2.15. The summed E-state index contributed by atoms with van der Waals surface area (Å²) in [5, 5.41) is 15.3. The quantitative estimate of drug-likeness (QED) is 0.901. The van der Waals surface area contributed by atoms with Crippen LogP contribution in [0, 0.1) is 17.2 Å². The number of anilines is 1. The van der Waals surface area contributed by atoms with E-state index in [0.29, 0.717) is 11.8 Å². The Morgan fingerprint density at radius 1 is 1.23 bits per heavy atom. The second-order valence-electron chi connectivity index (χ2n) is 6.68. The minimum Gasteiger partial charge on any atom is -0.354 e. The van der Waals surface area contributed by atoms with Gasteiger partial charge in [-0.15, -0.1) is 11.3 Å². The molecule has 0 radical (unpaired) electrons. The summed E-state index contributed by atoms with van der Waals surface area (Å²) in [6, 6.07) is 2.43. The highest BCUT2D eigenvalue weighted by Crippen LogP contribution is 2.39.